The Morgan fingerprint density at radius 3 is 2.36 bits per heavy atom. The predicted molar refractivity (Wildman–Crippen MR) is 134 cm³/mol. The first-order valence-corrected chi connectivity index (χ1v) is 12.5. The van der Waals surface area contributed by atoms with Crippen molar-refractivity contribution < 1.29 is 23.1 Å². The molecule has 1 amide bonds. The minimum Gasteiger partial charge on any atom is -0.396 e. The summed E-state index contributed by atoms with van der Waals surface area (Å²) in [6.07, 6.45) is 2.33. The van der Waals surface area contributed by atoms with Gasteiger partial charge in [0.15, 0.2) is 0 Å². The highest BCUT2D eigenvalue weighted by Crippen LogP contribution is 2.36. The molecule has 1 aromatic heterocycles. The lowest BCUT2D eigenvalue weighted by Crippen LogP contribution is -2.29. The molecule has 3 aromatic rings. The van der Waals surface area contributed by atoms with E-state index < -0.39 is 17.9 Å². The van der Waals surface area contributed by atoms with E-state index in [4.69, 9.17) is 11.6 Å². The minimum atomic E-state index is -4.55. The molecule has 0 spiro atoms. The zero-order chi connectivity index (χ0) is 25.7. The second-order valence-corrected chi connectivity index (χ2v) is 9.63. The van der Waals surface area contributed by atoms with Crippen molar-refractivity contribution in [3.63, 3.8) is 0 Å². The molecule has 0 unspecified atom stereocenters. The molecule has 4 rings (SSSR count). The molecule has 1 aliphatic rings. The van der Waals surface area contributed by atoms with Crippen molar-refractivity contribution in [2.75, 3.05) is 6.61 Å². The number of alkyl halides is 3. The summed E-state index contributed by atoms with van der Waals surface area (Å²) < 4.78 is 38.7. The van der Waals surface area contributed by atoms with Crippen LogP contribution in [0.1, 0.15) is 77.7 Å². The molecule has 1 fully saturated rings. The number of carbonyl (C=O) groups excluding carboxylic acids is 1. The third-order valence-electron chi connectivity index (χ3n) is 6.67. The third-order valence-corrected chi connectivity index (χ3v) is 6.93. The number of nitrogens with one attached hydrogen (secondary N) is 1. The van der Waals surface area contributed by atoms with Crippen LogP contribution in [-0.4, -0.2) is 22.6 Å². The first-order valence-electron chi connectivity index (χ1n) is 12.1. The zero-order valence-corrected chi connectivity index (χ0v) is 20.4. The highest BCUT2D eigenvalue weighted by atomic mass is 35.5. The second kappa shape index (κ2) is 11.4. The van der Waals surface area contributed by atoms with Crippen LogP contribution in [-0.2, 0) is 6.18 Å². The van der Waals surface area contributed by atoms with Crippen molar-refractivity contribution in [3.8, 4) is 11.1 Å². The zero-order valence-electron chi connectivity index (χ0n) is 19.7. The van der Waals surface area contributed by atoms with Gasteiger partial charge in [-0.15, -0.1) is 0 Å². The van der Waals surface area contributed by atoms with E-state index in [0.29, 0.717) is 22.1 Å². The van der Waals surface area contributed by atoms with Crippen molar-refractivity contribution in [3.05, 3.63) is 88.2 Å². The number of halogens is 4. The van der Waals surface area contributed by atoms with E-state index in [2.05, 4.69) is 16.4 Å². The van der Waals surface area contributed by atoms with Gasteiger partial charge in [-0.3, -0.25) is 9.78 Å². The van der Waals surface area contributed by atoms with Gasteiger partial charge in [-0.25, -0.2) is 0 Å². The maximum Gasteiger partial charge on any atom is 0.433 e. The molecular weight excluding hydrogens is 489 g/mol. The Balaban J connectivity index is 1.64. The summed E-state index contributed by atoms with van der Waals surface area (Å²) in [5.41, 5.74) is 2.78. The molecule has 1 atom stereocenters. The van der Waals surface area contributed by atoms with E-state index in [0.717, 1.165) is 54.6 Å². The summed E-state index contributed by atoms with van der Waals surface area (Å²) in [4.78, 5) is 16.9. The molecule has 0 bridgehead atoms. The first kappa shape index (κ1) is 26.2. The van der Waals surface area contributed by atoms with Gasteiger partial charge in [0.2, 0.25) is 0 Å². The average Bonchev–Trinajstić information content (AvgIpc) is 2.88. The number of carbonyl (C=O) groups is 1. The summed E-state index contributed by atoms with van der Waals surface area (Å²) >= 11 is 6.06. The van der Waals surface area contributed by atoms with Crippen LogP contribution >= 0.6 is 11.6 Å². The van der Waals surface area contributed by atoms with Crippen LogP contribution < -0.4 is 5.32 Å². The van der Waals surface area contributed by atoms with Gasteiger partial charge in [0, 0.05) is 23.4 Å². The van der Waals surface area contributed by atoms with Gasteiger partial charge in [-0.2, -0.15) is 13.2 Å². The average molecular weight is 517 g/mol. The molecule has 8 heteroatoms. The SMILES string of the molecule is O=C(N[C@H](CCO)c1ccc(C(F)(F)F)nc1)c1cc(-c2ccc(Cl)cc2)cc(C2CCCCC2)c1. The maximum absolute atomic E-state index is 13.4. The molecular formula is C28H28ClF3N2O2. The number of hydrogen-bond donors (Lipinski definition) is 2. The van der Waals surface area contributed by atoms with Gasteiger partial charge in [-0.05, 0) is 77.8 Å². The number of amides is 1. The van der Waals surface area contributed by atoms with Crippen LogP contribution in [0.2, 0.25) is 5.02 Å². The van der Waals surface area contributed by atoms with E-state index in [-0.39, 0.29) is 18.9 Å². The van der Waals surface area contributed by atoms with Crippen molar-refractivity contribution in [1.82, 2.24) is 10.3 Å². The van der Waals surface area contributed by atoms with E-state index in [1.807, 2.05) is 24.3 Å². The number of nitrogens with zero attached hydrogens (tertiary/aromatic N) is 1. The standard InChI is InChI=1S/C28H28ClF3N2O2/c29-24-9-6-19(7-10-24)22-14-21(18-4-2-1-3-5-18)15-23(16-22)27(36)34-25(12-13-35)20-8-11-26(33-17-20)28(30,31)32/h6-11,14-18,25,35H,1-5,12-13H2,(H,34,36)/t25-/m1/s1. The van der Waals surface area contributed by atoms with Gasteiger partial charge in [0.25, 0.3) is 5.91 Å². The summed E-state index contributed by atoms with van der Waals surface area (Å²) in [5.74, 6) is 0.00567. The fourth-order valence-corrected chi connectivity index (χ4v) is 4.86. The van der Waals surface area contributed by atoms with Crippen LogP contribution in [0.3, 0.4) is 0 Å². The fourth-order valence-electron chi connectivity index (χ4n) is 4.74. The largest absolute Gasteiger partial charge is 0.433 e. The number of pyridine rings is 1. The van der Waals surface area contributed by atoms with E-state index in [1.165, 1.54) is 12.5 Å². The lowest BCUT2D eigenvalue weighted by Gasteiger charge is -2.24. The topological polar surface area (TPSA) is 62.2 Å². The predicted octanol–water partition coefficient (Wildman–Crippen LogP) is 7.32. The molecule has 1 saturated carbocycles. The summed E-state index contributed by atoms with van der Waals surface area (Å²) in [5, 5.41) is 13.0. The number of aliphatic hydroxyl groups excluding tert-OH is 1. The molecule has 2 aromatic carbocycles. The lowest BCUT2D eigenvalue weighted by molar-refractivity contribution is -0.141. The van der Waals surface area contributed by atoms with Crippen molar-refractivity contribution >= 4 is 17.5 Å². The van der Waals surface area contributed by atoms with E-state index in [9.17, 15) is 23.1 Å². The van der Waals surface area contributed by atoms with Gasteiger partial charge in [0.1, 0.15) is 5.69 Å². The van der Waals surface area contributed by atoms with Crippen LogP contribution in [0.4, 0.5) is 13.2 Å². The molecule has 190 valence electrons. The highest BCUT2D eigenvalue weighted by molar-refractivity contribution is 6.30. The quantitative estimate of drug-likeness (QED) is 0.346. The summed E-state index contributed by atoms with van der Waals surface area (Å²) in [6, 6.07) is 14.8. The monoisotopic (exact) mass is 516 g/mol. The number of benzene rings is 2. The number of hydrogen-bond acceptors (Lipinski definition) is 3. The van der Waals surface area contributed by atoms with Gasteiger partial charge >= 0.3 is 6.18 Å². The Labute approximate surface area is 213 Å². The van der Waals surface area contributed by atoms with Crippen molar-refractivity contribution in [2.45, 2.75) is 56.7 Å². The molecule has 4 nitrogen and oxygen atoms in total. The normalized spacial score (nSPS) is 15.5. The van der Waals surface area contributed by atoms with Gasteiger partial charge in [-0.1, -0.05) is 55.1 Å². The molecule has 2 N–H and O–H groups in total. The molecule has 1 aliphatic carbocycles. The molecule has 0 saturated heterocycles. The van der Waals surface area contributed by atoms with E-state index >= 15 is 0 Å². The Morgan fingerprint density at radius 2 is 1.75 bits per heavy atom. The third kappa shape index (κ3) is 6.45. The lowest BCUT2D eigenvalue weighted by atomic mass is 9.82. The van der Waals surface area contributed by atoms with Gasteiger partial charge < -0.3 is 10.4 Å². The second-order valence-electron chi connectivity index (χ2n) is 9.20. The Bertz CT molecular complexity index is 1170. The molecule has 1 heterocycles. The summed E-state index contributed by atoms with van der Waals surface area (Å²) in [7, 11) is 0. The van der Waals surface area contributed by atoms with Crippen LogP contribution in [0.5, 0.6) is 0 Å². The number of aromatic nitrogens is 1. The van der Waals surface area contributed by atoms with Crippen molar-refractivity contribution in [2.24, 2.45) is 0 Å². The van der Waals surface area contributed by atoms with Crippen molar-refractivity contribution in [1.29, 1.82) is 0 Å². The van der Waals surface area contributed by atoms with Crippen LogP contribution in [0, 0.1) is 0 Å². The Kier molecular flexibility index (Phi) is 8.32. The molecule has 0 radical (unpaired) electrons. The molecule has 0 aliphatic heterocycles. The number of aliphatic hydroxyl groups is 1. The Hall–Kier alpha value is -2.90. The maximum atomic E-state index is 13.4. The fraction of sp³-hybridized carbons (Fsp3) is 0.357. The highest BCUT2D eigenvalue weighted by Gasteiger charge is 2.32. The minimum absolute atomic E-state index is 0.144. The Morgan fingerprint density at radius 1 is 1.03 bits per heavy atom. The van der Waals surface area contributed by atoms with Gasteiger partial charge in [0.05, 0.1) is 6.04 Å². The first-order chi connectivity index (χ1) is 17.2. The number of rotatable bonds is 7. The van der Waals surface area contributed by atoms with Crippen LogP contribution in [0.25, 0.3) is 11.1 Å². The summed E-state index contributed by atoms with van der Waals surface area (Å²) in [6.45, 7) is -0.246. The molecule has 36 heavy (non-hydrogen) atoms. The van der Waals surface area contributed by atoms with E-state index in [1.54, 1.807) is 12.1 Å². The smallest absolute Gasteiger partial charge is 0.396 e. The van der Waals surface area contributed by atoms with Crippen LogP contribution in [0.15, 0.2) is 60.8 Å².